The van der Waals surface area contributed by atoms with E-state index in [9.17, 15) is 0 Å². The summed E-state index contributed by atoms with van der Waals surface area (Å²) in [6, 6.07) is 0. The zero-order valence-electron chi connectivity index (χ0n) is 9.40. The Labute approximate surface area is 92.1 Å². The van der Waals surface area contributed by atoms with Gasteiger partial charge in [-0.1, -0.05) is 37.5 Å². The summed E-state index contributed by atoms with van der Waals surface area (Å²) in [7, 11) is 0. The molecular weight excluding hydrogens is 184 g/mol. The second-order valence-electron chi connectivity index (χ2n) is 2.82. The Hall–Kier alpha value is -1.83. The highest BCUT2D eigenvalue weighted by molar-refractivity contribution is 5.77. The first-order valence-electron chi connectivity index (χ1n) is 4.79. The summed E-state index contributed by atoms with van der Waals surface area (Å²) >= 11 is 0. The maximum Gasteiger partial charge on any atom is 0.0497 e. The van der Waals surface area contributed by atoms with Crippen LogP contribution >= 0.6 is 0 Å². The third-order valence-corrected chi connectivity index (χ3v) is 1.39. The zero-order chi connectivity index (χ0) is 11.5. The molecule has 0 aromatic carbocycles. The normalized spacial score (nSPS) is 12.1. The van der Waals surface area contributed by atoms with Gasteiger partial charge in [0.2, 0.25) is 0 Å². The van der Waals surface area contributed by atoms with Crippen LogP contribution in [0.3, 0.4) is 0 Å². The van der Waals surface area contributed by atoms with Crippen molar-refractivity contribution in [1.82, 2.24) is 5.32 Å². The molecule has 0 fully saturated rings. The van der Waals surface area contributed by atoms with Crippen molar-refractivity contribution in [3.05, 3.63) is 61.1 Å². The summed E-state index contributed by atoms with van der Waals surface area (Å²) in [5, 5.41) is 3.00. The van der Waals surface area contributed by atoms with Crippen LogP contribution in [0.5, 0.6) is 0 Å². The lowest BCUT2D eigenvalue weighted by atomic mass is 10.3. The average molecular weight is 202 g/mol. The van der Waals surface area contributed by atoms with Crippen LogP contribution < -0.4 is 5.32 Å². The third-order valence-electron chi connectivity index (χ3n) is 1.39. The van der Waals surface area contributed by atoms with Crippen LogP contribution in [0.25, 0.3) is 0 Å². The Morgan fingerprint density at radius 1 is 1.07 bits per heavy atom. The minimum Gasteiger partial charge on any atom is -0.355 e. The number of hydrogen-bond acceptors (Lipinski definition) is 2. The lowest BCUT2D eigenvalue weighted by molar-refractivity contribution is 1.09. The van der Waals surface area contributed by atoms with Crippen molar-refractivity contribution >= 4 is 6.21 Å². The Balaban J connectivity index is 4.02. The van der Waals surface area contributed by atoms with E-state index in [1.54, 1.807) is 12.4 Å². The van der Waals surface area contributed by atoms with Gasteiger partial charge in [0, 0.05) is 23.8 Å². The number of rotatable bonds is 6. The Morgan fingerprint density at radius 3 is 2.40 bits per heavy atom. The number of nitrogens with one attached hydrogen (secondary N) is 1. The van der Waals surface area contributed by atoms with Crippen LogP contribution in [0, 0.1) is 0 Å². The summed E-state index contributed by atoms with van der Waals surface area (Å²) in [6.07, 6.45) is 12.9. The molecule has 0 radical (unpaired) electrons. The van der Waals surface area contributed by atoms with Gasteiger partial charge in [-0.05, 0) is 19.9 Å². The topological polar surface area (TPSA) is 24.4 Å². The van der Waals surface area contributed by atoms with Crippen LogP contribution in [0.4, 0.5) is 0 Å². The number of hydrogen-bond donors (Lipinski definition) is 1. The highest BCUT2D eigenvalue weighted by atomic mass is 14.9. The van der Waals surface area contributed by atoms with Crippen LogP contribution in [-0.2, 0) is 0 Å². The molecule has 0 aliphatic rings. The molecule has 0 aliphatic carbocycles. The molecule has 2 nitrogen and oxygen atoms in total. The third kappa shape index (κ3) is 8.50. The van der Waals surface area contributed by atoms with E-state index in [1.165, 1.54) is 0 Å². The standard InChI is InChI=1S/C13H18N2/c1-5-7-8-9-12(3)15-13(4)11-14-10-6-2/h5-11,15H,3-4H2,1-2H3/b7-5-,9-8-,10-6-,14-11-. The van der Waals surface area contributed by atoms with E-state index in [4.69, 9.17) is 0 Å². The summed E-state index contributed by atoms with van der Waals surface area (Å²) in [5.41, 5.74) is 1.49. The summed E-state index contributed by atoms with van der Waals surface area (Å²) in [6.45, 7) is 11.5. The highest BCUT2D eigenvalue weighted by Gasteiger charge is 1.87. The molecule has 0 aromatic heterocycles. The van der Waals surface area contributed by atoms with Crippen molar-refractivity contribution in [3.63, 3.8) is 0 Å². The summed E-state index contributed by atoms with van der Waals surface area (Å²) in [5.74, 6) is 0. The smallest absolute Gasteiger partial charge is 0.0497 e. The molecule has 0 aromatic rings. The number of allylic oxidation sites excluding steroid dienone is 6. The van der Waals surface area contributed by atoms with E-state index in [1.807, 2.05) is 44.2 Å². The predicted octanol–water partition coefficient (Wildman–Crippen LogP) is 3.34. The summed E-state index contributed by atoms with van der Waals surface area (Å²) in [4.78, 5) is 3.99. The van der Waals surface area contributed by atoms with E-state index in [-0.39, 0.29) is 0 Å². The highest BCUT2D eigenvalue weighted by Crippen LogP contribution is 1.92. The van der Waals surface area contributed by atoms with E-state index in [0.29, 0.717) is 5.70 Å². The second-order valence-corrected chi connectivity index (χ2v) is 2.82. The monoisotopic (exact) mass is 202 g/mol. The van der Waals surface area contributed by atoms with Crippen molar-refractivity contribution in [1.29, 1.82) is 0 Å². The van der Waals surface area contributed by atoms with Crippen molar-refractivity contribution in [2.45, 2.75) is 13.8 Å². The van der Waals surface area contributed by atoms with Gasteiger partial charge in [-0.15, -0.1) is 0 Å². The fraction of sp³-hybridized carbons (Fsp3) is 0.154. The Morgan fingerprint density at radius 2 is 1.80 bits per heavy atom. The largest absolute Gasteiger partial charge is 0.355 e. The van der Waals surface area contributed by atoms with Crippen molar-refractivity contribution in [2.24, 2.45) is 4.99 Å². The first-order chi connectivity index (χ1) is 7.20. The van der Waals surface area contributed by atoms with Crippen LogP contribution in [0.15, 0.2) is 66.1 Å². The van der Waals surface area contributed by atoms with Gasteiger partial charge >= 0.3 is 0 Å². The van der Waals surface area contributed by atoms with Gasteiger partial charge in [0.15, 0.2) is 0 Å². The Bertz CT molecular complexity index is 285. The van der Waals surface area contributed by atoms with Crippen LogP contribution in [0.2, 0.25) is 0 Å². The first kappa shape index (κ1) is 13.2. The molecule has 15 heavy (non-hydrogen) atoms. The molecule has 0 spiro atoms. The molecule has 80 valence electrons. The summed E-state index contributed by atoms with van der Waals surface area (Å²) < 4.78 is 0. The fourth-order valence-corrected chi connectivity index (χ4v) is 0.782. The minimum atomic E-state index is 0.711. The van der Waals surface area contributed by atoms with Crippen LogP contribution in [-0.4, -0.2) is 6.21 Å². The Kier molecular flexibility index (Phi) is 7.69. The number of aliphatic imine (C=N–C) groups is 1. The van der Waals surface area contributed by atoms with Crippen molar-refractivity contribution < 1.29 is 0 Å². The van der Waals surface area contributed by atoms with E-state index >= 15 is 0 Å². The van der Waals surface area contributed by atoms with Gasteiger partial charge in [0.1, 0.15) is 0 Å². The average Bonchev–Trinajstić information content (AvgIpc) is 2.18. The zero-order valence-corrected chi connectivity index (χ0v) is 9.40. The lowest BCUT2D eigenvalue weighted by Gasteiger charge is -2.02. The van der Waals surface area contributed by atoms with Gasteiger partial charge in [-0.25, -0.2) is 0 Å². The molecular formula is C13H18N2. The molecule has 0 heterocycles. The molecule has 2 heteroatoms. The molecule has 0 atom stereocenters. The molecule has 0 saturated carbocycles. The number of nitrogens with zero attached hydrogens (tertiary/aromatic N) is 1. The molecule has 0 aliphatic heterocycles. The SMILES string of the molecule is C=C(/C=C\C=C/C)NC(=C)/C=N\C=C/C. The van der Waals surface area contributed by atoms with Gasteiger partial charge in [0.25, 0.3) is 0 Å². The minimum absolute atomic E-state index is 0.711. The second kappa shape index (κ2) is 8.75. The van der Waals surface area contributed by atoms with Crippen LogP contribution in [0.1, 0.15) is 13.8 Å². The molecule has 0 bridgehead atoms. The van der Waals surface area contributed by atoms with Gasteiger partial charge in [-0.3, -0.25) is 4.99 Å². The molecule has 0 amide bonds. The predicted molar refractivity (Wildman–Crippen MR) is 68.7 cm³/mol. The van der Waals surface area contributed by atoms with Gasteiger partial charge in [0.05, 0.1) is 0 Å². The van der Waals surface area contributed by atoms with Crippen molar-refractivity contribution in [2.75, 3.05) is 0 Å². The molecule has 1 N–H and O–H groups in total. The lowest BCUT2D eigenvalue weighted by Crippen LogP contribution is -2.09. The maximum absolute atomic E-state index is 3.99. The fourth-order valence-electron chi connectivity index (χ4n) is 0.782. The maximum atomic E-state index is 3.99. The quantitative estimate of drug-likeness (QED) is 0.518. The van der Waals surface area contributed by atoms with E-state index < -0.39 is 0 Å². The van der Waals surface area contributed by atoms with E-state index in [2.05, 4.69) is 23.5 Å². The van der Waals surface area contributed by atoms with E-state index in [0.717, 1.165) is 5.70 Å². The molecule has 0 unspecified atom stereocenters. The van der Waals surface area contributed by atoms with Gasteiger partial charge in [-0.2, -0.15) is 0 Å². The first-order valence-corrected chi connectivity index (χ1v) is 4.79. The molecule has 0 rings (SSSR count). The molecule has 0 saturated heterocycles. The van der Waals surface area contributed by atoms with Crippen molar-refractivity contribution in [3.8, 4) is 0 Å². The van der Waals surface area contributed by atoms with Gasteiger partial charge < -0.3 is 5.32 Å².